The zero-order chi connectivity index (χ0) is 10.7. The molecule has 0 N–H and O–H groups in total. The number of benzene rings is 1. The Bertz CT molecular complexity index is 303. The summed E-state index contributed by atoms with van der Waals surface area (Å²) in [5.74, 6) is 1.54. The van der Waals surface area contributed by atoms with Gasteiger partial charge in [0.15, 0.2) is 0 Å². The summed E-state index contributed by atoms with van der Waals surface area (Å²) in [5.41, 5.74) is 1.26. The molecule has 1 fully saturated rings. The topological polar surface area (TPSA) is 18.5 Å². The number of ether oxygens (including phenoxy) is 2. The predicted molar refractivity (Wildman–Crippen MR) is 60.2 cm³/mol. The van der Waals surface area contributed by atoms with Gasteiger partial charge in [-0.15, -0.1) is 0 Å². The molecule has 0 saturated carbocycles. The number of hydrogen-bond donors (Lipinski definition) is 0. The lowest BCUT2D eigenvalue weighted by atomic mass is 9.97. The lowest BCUT2D eigenvalue weighted by Gasteiger charge is -2.35. The van der Waals surface area contributed by atoms with E-state index >= 15 is 0 Å². The third-order valence-electron chi connectivity index (χ3n) is 2.94. The monoisotopic (exact) mass is 206 g/mol. The lowest BCUT2D eigenvalue weighted by molar-refractivity contribution is -0.128. The Morgan fingerprint density at radius 1 is 1.33 bits per heavy atom. The molecule has 1 saturated heterocycles. The van der Waals surface area contributed by atoms with Crippen LogP contribution in [0.4, 0.5) is 0 Å². The summed E-state index contributed by atoms with van der Waals surface area (Å²) >= 11 is 0. The molecule has 1 aliphatic heterocycles. The third-order valence-corrected chi connectivity index (χ3v) is 2.94. The van der Waals surface area contributed by atoms with E-state index in [2.05, 4.69) is 26.0 Å². The molecule has 1 aromatic carbocycles. The first-order chi connectivity index (χ1) is 7.29. The van der Waals surface area contributed by atoms with E-state index in [1.54, 1.807) is 0 Å². The van der Waals surface area contributed by atoms with Crippen molar-refractivity contribution in [1.29, 1.82) is 0 Å². The van der Waals surface area contributed by atoms with Crippen molar-refractivity contribution in [1.82, 2.24) is 0 Å². The number of rotatable bonds is 4. The van der Waals surface area contributed by atoms with Gasteiger partial charge in [-0.05, 0) is 25.5 Å². The molecule has 2 rings (SSSR count). The molecule has 0 aromatic heterocycles. The second kappa shape index (κ2) is 4.67. The minimum absolute atomic E-state index is 0.412. The van der Waals surface area contributed by atoms with E-state index < -0.39 is 0 Å². The first kappa shape index (κ1) is 10.5. The third kappa shape index (κ3) is 2.51. The van der Waals surface area contributed by atoms with Crippen LogP contribution in [0.25, 0.3) is 0 Å². The SMILES string of the molecule is CCC1OCC1COc1ccc(C)cc1. The summed E-state index contributed by atoms with van der Waals surface area (Å²) in [6.45, 7) is 5.87. The van der Waals surface area contributed by atoms with Gasteiger partial charge in [0.1, 0.15) is 5.75 Å². The summed E-state index contributed by atoms with van der Waals surface area (Å²) in [6, 6.07) is 8.19. The van der Waals surface area contributed by atoms with Crippen LogP contribution in [0.2, 0.25) is 0 Å². The summed E-state index contributed by atoms with van der Waals surface area (Å²) in [7, 11) is 0. The minimum Gasteiger partial charge on any atom is -0.493 e. The standard InChI is InChI=1S/C13H18O2/c1-3-13-11(9-15-13)8-14-12-6-4-10(2)5-7-12/h4-7,11,13H,3,8-9H2,1-2H3. The molecule has 0 spiro atoms. The Morgan fingerprint density at radius 3 is 2.60 bits per heavy atom. The predicted octanol–water partition coefficient (Wildman–Crippen LogP) is 2.80. The van der Waals surface area contributed by atoms with Crippen molar-refractivity contribution in [3.63, 3.8) is 0 Å². The summed E-state index contributed by atoms with van der Waals surface area (Å²) in [4.78, 5) is 0. The largest absolute Gasteiger partial charge is 0.493 e. The highest BCUT2D eigenvalue weighted by atomic mass is 16.5. The normalized spacial score (nSPS) is 24.7. The Kier molecular flexibility index (Phi) is 3.27. The van der Waals surface area contributed by atoms with E-state index in [-0.39, 0.29) is 0 Å². The molecule has 2 unspecified atom stereocenters. The van der Waals surface area contributed by atoms with Gasteiger partial charge in [0.25, 0.3) is 0 Å². The highest BCUT2D eigenvalue weighted by Gasteiger charge is 2.30. The van der Waals surface area contributed by atoms with Crippen LogP contribution < -0.4 is 4.74 Å². The van der Waals surface area contributed by atoms with Gasteiger partial charge in [-0.1, -0.05) is 24.6 Å². The van der Waals surface area contributed by atoms with Crippen LogP contribution >= 0.6 is 0 Å². The van der Waals surface area contributed by atoms with Gasteiger partial charge in [-0.2, -0.15) is 0 Å². The smallest absolute Gasteiger partial charge is 0.119 e. The van der Waals surface area contributed by atoms with E-state index in [0.717, 1.165) is 25.4 Å². The first-order valence-corrected chi connectivity index (χ1v) is 5.60. The highest BCUT2D eigenvalue weighted by molar-refractivity contribution is 5.26. The van der Waals surface area contributed by atoms with Crippen molar-refractivity contribution in [3.05, 3.63) is 29.8 Å². The molecule has 15 heavy (non-hydrogen) atoms. The van der Waals surface area contributed by atoms with Gasteiger partial charge in [0.05, 0.1) is 19.3 Å². The van der Waals surface area contributed by atoms with Gasteiger partial charge in [0.2, 0.25) is 0 Å². The molecule has 82 valence electrons. The molecular weight excluding hydrogens is 188 g/mol. The Morgan fingerprint density at radius 2 is 2.07 bits per heavy atom. The van der Waals surface area contributed by atoms with Crippen molar-refractivity contribution in [2.75, 3.05) is 13.2 Å². The van der Waals surface area contributed by atoms with Gasteiger partial charge in [0, 0.05) is 5.92 Å². The number of aryl methyl sites for hydroxylation is 1. The molecule has 0 bridgehead atoms. The summed E-state index contributed by atoms with van der Waals surface area (Å²) in [6.07, 6.45) is 1.50. The molecule has 1 aliphatic rings. The van der Waals surface area contributed by atoms with Crippen molar-refractivity contribution in [3.8, 4) is 5.75 Å². The molecule has 0 radical (unpaired) electrons. The van der Waals surface area contributed by atoms with Crippen LogP contribution in [-0.2, 0) is 4.74 Å². The quantitative estimate of drug-likeness (QED) is 0.754. The van der Waals surface area contributed by atoms with Crippen LogP contribution in [0.5, 0.6) is 5.75 Å². The second-order valence-corrected chi connectivity index (χ2v) is 4.16. The second-order valence-electron chi connectivity index (χ2n) is 4.16. The molecule has 1 heterocycles. The Hall–Kier alpha value is -1.02. The minimum atomic E-state index is 0.412. The fraction of sp³-hybridized carbons (Fsp3) is 0.538. The van der Waals surface area contributed by atoms with Crippen LogP contribution in [0.3, 0.4) is 0 Å². The van der Waals surface area contributed by atoms with Crippen molar-refractivity contribution < 1.29 is 9.47 Å². The highest BCUT2D eigenvalue weighted by Crippen LogP contribution is 2.24. The van der Waals surface area contributed by atoms with E-state index in [4.69, 9.17) is 9.47 Å². The van der Waals surface area contributed by atoms with E-state index in [1.165, 1.54) is 5.56 Å². The molecule has 2 heteroatoms. The molecule has 2 atom stereocenters. The molecule has 0 amide bonds. The van der Waals surface area contributed by atoms with Gasteiger partial charge >= 0.3 is 0 Å². The fourth-order valence-corrected chi connectivity index (χ4v) is 1.81. The average molecular weight is 206 g/mol. The van der Waals surface area contributed by atoms with Gasteiger partial charge in [-0.25, -0.2) is 0 Å². The van der Waals surface area contributed by atoms with Crippen LogP contribution in [-0.4, -0.2) is 19.3 Å². The zero-order valence-corrected chi connectivity index (χ0v) is 9.40. The van der Waals surface area contributed by atoms with E-state index in [9.17, 15) is 0 Å². The average Bonchev–Trinajstić information content (AvgIpc) is 2.20. The lowest BCUT2D eigenvalue weighted by Crippen LogP contribution is -2.42. The maximum atomic E-state index is 5.72. The van der Waals surface area contributed by atoms with Crippen LogP contribution in [0.1, 0.15) is 18.9 Å². The number of hydrogen-bond acceptors (Lipinski definition) is 2. The molecule has 1 aromatic rings. The van der Waals surface area contributed by atoms with Crippen molar-refractivity contribution in [2.24, 2.45) is 5.92 Å². The fourth-order valence-electron chi connectivity index (χ4n) is 1.81. The van der Waals surface area contributed by atoms with E-state index in [1.807, 2.05) is 12.1 Å². The summed E-state index contributed by atoms with van der Waals surface area (Å²) < 4.78 is 11.1. The first-order valence-electron chi connectivity index (χ1n) is 5.60. The summed E-state index contributed by atoms with van der Waals surface area (Å²) in [5, 5.41) is 0. The Balaban J connectivity index is 1.80. The maximum Gasteiger partial charge on any atom is 0.119 e. The Labute approximate surface area is 91.2 Å². The van der Waals surface area contributed by atoms with Gasteiger partial charge < -0.3 is 9.47 Å². The van der Waals surface area contributed by atoms with E-state index in [0.29, 0.717) is 12.0 Å². The zero-order valence-electron chi connectivity index (χ0n) is 9.40. The molecule has 0 aliphatic carbocycles. The van der Waals surface area contributed by atoms with Crippen LogP contribution in [0.15, 0.2) is 24.3 Å². The molecule has 2 nitrogen and oxygen atoms in total. The molecular formula is C13H18O2. The maximum absolute atomic E-state index is 5.72. The van der Waals surface area contributed by atoms with Crippen molar-refractivity contribution >= 4 is 0 Å². The van der Waals surface area contributed by atoms with Gasteiger partial charge in [-0.3, -0.25) is 0 Å². The van der Waals surface area contributed by atoms with Crippen LogP contribution in [0, 0.1) is 12.8 Å². The van der Waals surface area contributed by atoms with Crippen molar-refractivity contribution in [2.45, 2.75) is 26.4 Å².